The first-order valence-electron chi connectivity index (χ1n) is 9.53. The molecule has 0 spiro atoms. The summed E-state index contributed by atoms with van der Waals surface area (Å²) >= 11 is 3.44. The Bertz CT molecular complexity index is 1120. The molecular weight excluding hydrogens is 450 g/mol. The summed E-state index contributed by atoms with van der Waals surface area (Å²) in [5, 5.41) is 11.5. The Labute approximate surface area is 181 Å². The van der Waals surface area contributed by atoms with Gasteiger partial charge in [-0.15, -0.1) is 0 Å². The van der Waals surface area contributed by atoms with Crippen LogP contribution < -0.4 is 0 Å². The van der Waals surface area contributed by atoms with E-state index in [4.69, 9.17) is 9.15 Å². The van der Waals surface area contributed by atoms with Gasteiger partial charge in [0.25, 0.3) is 5.91 Å². The first kappa shape index (κ1) is 20.4. The van der Waals surface area contributed by atoms with E-state index in [0.29, 0.717) is 25.2 Å². The smallest absolute Gasteiger partial charge is 0.290 e. The van der Waals surface area contributed by atoms with E-state index in [0.717, 1.165) is 15.4 Å². The number of amides is 1. The summed E-state index contributed by atoms with van der Waals surface area (Å²) < 4.78 is 11.6. The Balaban J connectivity index is 1.77. The highest BCUT2D eigenvalue weighted by Gasteiger charge is 2.44. The van der Waals surface area contributed by atoms with Crippen LogP contribution in [0.5, 0.6) is 0 Å². The first-order chi connectivity index (χ1) is 14.5. The maximum Gasteiger partial charge on any atom is 0.290 e. The Morgan fingerprint density at radius 3 is 2.73 bits per heavy atom. The molecule has 1 unspecified atom stereocenters. The van der Waals surface area contributed by atoms with Crippen molar-refractivity contribution in [3.8, 4) is 0 Å². The van der Waals surface area contributed by atoms with Crippen LogP contribution >= 0.6 is 15.9 Å². The third kappa shape index (κ3) is 3.66. The van der Waals surface area contributed by atoms with Crippen molar-refractivity contribution in [1.82, 2.24) is 4.90 Å². The molecule has 154 valence electrons. The number of rotatable bonds is 7. The monoisotopic (exact) mass is 469 g/mol. The van der Waals surface area contributed by atoms with E-state index in [1.165, 1.54) is 4.90 Å². The summed E-state index contributed by atoms with van der Waals surface area (Å²) in [7, 11) is 1.59. The number of fused-ring (bicyclic) bond motifs is 1. The summed E-state index contributed by atoms with van der Waals surface area (Å²) in [4.78, 5) is 27.8. The molecule has 1 aliphatic rings. The van der Waals surface area contributed by atoms with Crippen LogP contribution in [0.3, 0.4) is 0 Å². The van der Waals surface area contributed by atoms with Gasteiger partial charge in [0.1, 0.15) is 5.58 Å². The molecule has 1 atom stereocenters. The molecule has 0 bridgehead atoms. The largest absolute Gasteiger partial charge is 0.503 e. The molecule has 1 N–H and O–H groups in total. The summed E-state index contributed by atoms with van der Waals surface area (Å²) in [6, 6.07) is 15.6. The molecule has 1 aromatic heterocycles. The number of para-hydroxylation sites is 1. The standard InChI is InChI=1S/C23H20BrNO5/c1-29-11-5-10-25-20(15-7-4-8-16(24)12-15)19(22(27)23(25)28)21(26)18-13-14-6-2-3-9-17(14)30-18/h2-4,6-9,12-13,20,27H,5,10-11H2,1H3. The van der Waals surface area contributed by atoms with Crippen LogP contribution in [0, 0.1) is 0 Å². The highest BCUT2D eigenvalue weighted by molar-refractivity contribution is 9.10. The Kier molecular flexibility index (Phi) is 5.74. The topological polar surface area (TPSA) is 80.0 Å². The molecular formula is C23H20BrNO5. The number of ether oxygens (including phenoxy) is 1. The van der Waals surface area contributed by atoms with E-state index < -0.39 is 23.5 Å². The summed E-state index contributed by atoms with van der Waals surface area (Å²) in [6.07, 6.45) is 0.576. The SMILES string of the molecule is COCCCN1C(=O)C(O)=C(C(=O)c2cc3ccccc3o2)C1c1cccc(Br)c1. The molecule has 3 aromatic rings. The van der Waals surface area contributed by atoms with Gasteiger partial charge < -0.3 is 19.2 Å². The van der Waals surface area contributed by atoms with E-state index in [2.05, 4.69) is 15.9 Å². The lowest BCUT2D eigenvalue weighted by Crippen LogP contribution is -2.32. The van der Waals surface area contributed by atoms with Crippen LogP contribution in [0.4, 0.5) is 0 Å². The fraction of sp³-hybridized carbons (Fsp3) is 0.217. The number of hydrogen-bond donors (Lipinski definition) is 1. The van der Waals surface area contributed by atoms with Crippen molar-refractivity contribution in [2.75, 3.05) is 20.3 Å². The van der Waals surface area contributed by atoms with Crippen LogP contribution in [0.2, 0.25) is 0 Å². The van der Waals surface area contributed by atoms with Crippen molar-refractivity contribution in [2.45, 2.75) is 12.5 Å². The van der Waals surface area contributed by atoms with Gasteiger partial charge in [0.05, 0.1) is 11.6 Å². The molecule has 1 aliphatic heterocycles. The van der Waals surface area contributed by atoms with Gasteiger partial charge in [-0.25, -0.2) is 0 Å². The minimum Gasteiger partial charge on any atom is -0.503 e. The van der Waals surface area contributed by atoms with Gasteiger partial charge in [-0.3, -0.25) is 9.59 Å². The van der Waals surface area contributed by atoms with E-state index in [9.17, 15) is 14.7 Å². The number of aliphatic hydroxyl groups is 1. The second kappa shape index (κ2) is 8.45. The maximum atomic E-state index is 13.4. The van der Waals surface area contributed by atoms with E-state index >= 15 is 0 Å². The number of halogens is 1. The van der Waals surface area contributed by atoms with Gasteiger partial charge in [0.2, 0.25) is 5.78 Å². The Morgan fingerprint density at radius 1 is 1.20 bits per heavy atom. The van der Waals surface area contributed by atoms with Crippen molar-refractivity contribution >= 4 is 38.6 Å². The zero-order chi connectivity index (χ0) is 21.3. The van der Waals surface area contributed by atoms with E-state index in [1.54, 1.807) is 19.2 Å². The minimum atomic E-state index is -0.715. The summed E-state index contributed by atoms with van der Waals surface area (Å²) in [5.74, 6) is -1.53. The number of furan rings is 1. The number of carbonyl (C=O) groups excluding carboxylic acids is 2. The molecule has 0 radical (unpaired) electrons. The van der Waals surface area contributed by atoms with Crippen molar-refractivity contribution in [2.24, 2.45) is 0 Å². The second-order valence-electron chi connectivity index (χ2n) is 7.04. The van der Waals surface area contributed by atoms with Crippen LogP contribution in [0.1, 0.15) is 28.6 Å². The van der Waals surface area contributed by atoms with Gasteiger partial charge in [-0.2, -0.15) is 0 Å². The number of ketones is 1. The number of hydrogen-bond acceptors (Lipinski definition) is 5. The van der Waals surface area contributed by atoms with Crippen molar-refractivity contribution in [1.29, 1.82) is 0 Å². The molecule has 1 amide bonds. The lowest BCUT2D eigenvalue weighted by atomic mass is 9.95. The molecule has 7 heteroatoms. The average molecular weight is 470 g/mol. The number of methoxy groups -OCH3 is 1. The molecule has 30 heavy (non-hydrogen) atoms. The van der Waals surface area contributed by atoms with Crippen LogP contribution in [0.25, 0.3) is 11.0 Å². The predicted molar refractivity (Wildman–Crippen MR) is 115 cm³/mol. The van der Waals surface area contributed by atoms with Gasteiger partial charge in [0, 0.05) is 30.1 Å². The Morgan fingerprint density at radius 2 is 2.00 bits per heavy atom. The number of carbonyl (C=O) groups is 2. The van der Waals surface area contributed by atoms with Gasteiger partial charge in [0.15, 0.2) is 11.5 Å². The quantitative estimate of drug-likeness (QED) is 0.396. The normalized spacial score (nSPS) is 16.7. The molecule has 2 aromatic carbocycles. The molecule has 0 fully saturated rings. The number of aliphatic hydroxyl groups excluding tert-OH is 1. The van der Waals surface area contributed by atoms with Crippen LogP contribution in [-0.4, -0.2) is 42.0 Å². The lowest BCUT2D eigenvalue weighted by Gasteiger charge is -2.26. The molecule has 0 aliphatic carbocycles. The number of Topliss-reactive ketones (excluding diaryl/α,β-unsaturated/α-hetero) is 1. The maximum absolute atomic E-state index is 13.4. The van der Waals surface area contributed by atoms with E-state index in [-0.39, 0.29) is 11.3 Å². The molecule has 2 heterocycles. The summed E-state index contributed by atoms with van der Waals surface area (Å²) in [6.45, 7) is 0.799. The molecule has 4 rings (SSSR count). The molecule has 0 saturated heterocycles. The van der Waals surface area contributed by atoms with Crippen LogP contribution in [-0.2, 0) is 9.53 Å². The highest BCUT2D eigenvalue weighted by Crippen LogP contribution is 2.40. The fourth-order valence-corrected chi connectivity index (χ4v) is 4.16. The van der Waals surface area contributed by atoms with Crippen molar-refractivity contribution in [3.63, 3.8) is 0 Å². The fourth-order valence-electron chi connectivity index (χ4n) is 3.75. The second-order valence-corrected chi connectivity index (χ2v) is 7.96. The zero-order valence-corrected chi connectivity index (χ0v) is 17.9. The van der Waals surface area contributed by atoms with Crippen LogP contribution in [0.15, 0.2) is 74.8 Å². The van der Waals surface area contributed by atoms with E-state index in [1.807, 2.05) is 42.5 Å². The number of benzene rings is 2. The predicted octanol–water partition coefficient (Wildman–Crippen LogP) is 4.81. The molecule has 0 saturated carbocycles. The molecule has 6 nitrogen and oxygen atoms in total. The van der Waals surface area contributed by atoms with Crippen molar-refractivity contribution < 1.29 is 23.8 Å². The minimum absolute atomic E-state index is 0.0228. The third-order valence-electron chi connectivity index (χ3n) is 5.11. The Hall–Kier alpha value is -2.90. The van der Waals surface area contributed by atoms with Gasteiger partial charge >= 0.3 is 0 Å². The van der Waals surface area contributed by atoms with Gasteiger partial charge in [-0.05, 0) is 36.2 Å². The first-order valence-corrected chi connectivity index (χ1v) is 10.3. The lowest BCUT2D eigenvalue weighted by molar-refractivity contribution is -0.129. The number of nitrogens with zero attached hydrogens (tertiary/aromatic N) is 1. The summed E-state index contributed by atoms with van der Waals surface area (Å²) in [5.41, 5.74) is 1.31. The average Bonchev–Trinajstić information content (AvgIpc) is 3.28. The van der Waals surface area contributed by atoms with Gasteiger partial charge in [-0.1, -0.05) is 46.3 Å². The highest BCUT2D eigenvalue weighted by atomic mass is 79.9. The zero-order valence-electron chi connectivity index (χ0n) is 16.3. The third-order valence-corrected chi connectivity index (χ3v) is 5.60. The van der Waals surface area contributed by atoms with Crippen molar-refractivity contribution in [3.05, 3.63) is 81.7 Å².